The molecule has 4 atom stereocenters. The number of para-hydroxylation sites is 1. The Morgan fingerprint density at radius 2 is 1.91 bits per heavy atom. The molecule has 0 fully saturated rings. The Hall–Kier alpha value is -2.27. The van der Waals surface area contributed by atoms with Gasteiger partial charge in [0.1, 0.15) is 12.1 Å². The van der Waals surface area contributed by atoms with E-state index in [1.54, 1.807) is 13.1 Å². The molecule has 1 heterocycles. The van der Waals surface area contributed by atoms with E-state index in [9.17, 15) is 24.2 Å². The number of rotatable bonds is 14. The van der Waals surface area contributed by atoms with Gasteiger partial charge in [0.05, 0.1) is 25.9 Å². The second-order valence-electron chi connectivity index (χ2n) is 8.34. The summed E-state index contributed by atoms with van der Waals surface area (Å²) in [6.45, 7) is 4.19. The molecular formula is C22H34N3O8P. The molecule has 0 bridgehead atoms. The number of hydrogen-bond donors (Lipinski definition) is 6. The van der Waals surface area contributed by atoms with Gasteiger partial charge >= 0.3 is 13.7 Å². The maximum atomic E-state index is 13.1. The number of aromatic nitrogens is 1. The average molecular weight is 500 g/mol. The molecule has 11 nitrogen and oxygen atoms in total. The van der Waals surface area contributed by atoms with Gasteiger partial charge in [0.25, 0.3) is 0 Å². The molecule has 0 saturated carbocycles. The highest BCUT2D eigenvalue weighted by Gasteiger charge is 2.33. The molecule has 190 valence electrons. The van der Waals surface area contributed by atoms with Gasteiger partial charge in [-0.3, -0.25) is 9.32 Å². The first-order valence-corrected chi connectivity index (χ1v) is 12.7. The first-order valence-electron chi connectivity index (χ1n) is 11.1. The largest absolute Gasteiger partial charge is 0.464 e. The van der Waals surface area contributed by atoms with Gasteiger partial charge in [-0.1, -0.05) is 32.0 Å². The number of benzene rings is 1. The molecule has 0 aliphatic carbocycles. The second kappa shape index (κ2) is 13.0. The third kappa shape index (κ3) is 8.50. The van der Waals surface area contributed by atoms with E-state index in [0.29, 0.717) is 0 Å². The minimum Gasteiger partial charge on any atom is -0.464 e. The van der Waals surface area contributed by atoms with Crippen molar-refractivity contribution in [3.05, 3.63) is 36.0 Å². The lowest BCUT2D eigenvalue weighted by molar-refractivity contribution is -0.147. The number of ether oxygens (including phenoxy) is 1. The summed E-state index contributed by atoms with van der Waals surface area (Å²) in [4.78, 5) is 39.0. The number of fused-ring (bicyclic) bond motifs is 1. The summed E-state index contributed by atoms with van der Waals surface area (Å²) < 4.78 is 22.3. The Bertz CT molecular complexity index is 995. The minimum atomic E-state index is -4.50. The van der Waals surface area contributed by atoms with Gasteiger partial charge in [-0.25, -0.2) is 14.4 Å². The fraction of sp³-hybridized carbons (Fsp3) is 0.545. The highest BCUT2D eigenvalue weighted by molar-refractivity contribution is 7.50. The number of aromatic amines is 1. The molecule has 0 aliphatic rings. The first kappa shape index (κ1) is 28.0. The normalized spacial score (nSPS) is 16.1. The summed E-state index contributed by atoms with van der Waals surface area (Å²) in [7, 11) is -4.50. The summed E-state index contributed by atoms with van der Waals surface area (Å²) >= 11 is 0. The average Bonchev–Trinajstić information content (AvgIpc) is 3.19. The van der Waals surface area contributed by atoms with Gasteiger partial charge in [0.15, 0.2) is 0 Å². The number of nitrogens with one attached hydrogen (secondary N) is 3. The quantitative estimate of drug-likeness (QED) is 0.165. The van der Waals surface area contributed by atoms with Gasteiger partial charge < -0.3 is 30.1 Å². The van der Waals surface area contributed by atoms with Gasteiger partial charge in [0, 0.05) is 23.5 Å². The van der Waals surface area contributed by atoms with Crippen LogP contribution in [0.3, 0.4) is 0 Å². The third-order valence-electron chi connectivity index (χ3n) is 4.98. The summed E-state index contributed by atoms with van der Waals surface area (Å²) in [5.41, 5.74) is 1.69. The maximum Gasteiger partial charge on any atom is 0.403 e. The molecule has 0 aliphatic heterocycles. The molecule has 1 aromatic carbocycles. The Morgan fingerprint density at radius 3 is 2.56 bits per heavy atom. The standard InChI is InChI=1S/C22H34N3O8P/c1-4-32-22(29)20(10-15-11-23-18-8-6-5-7-17(15)18)24-21(28)19(9-14(2)3)25-34(30,31)33-13-16(27)12-26/h5-8,11,14,16,19-20,23,26-27H,4,9-10,12-13H2,1-3H3,(H,24,28)(H2,25,30,31)/t16-,19-,20?/m0/s1. The first-order chi connectivity index (χ1) is 16.1. The van der Waals surface area contributed by atoms with Crippen molar-refractivity contribution >= 4 is 30.5 Å². The Balaban J connectivity index is 2.19. The van der Waals surface area contributed by atoms with Crippen LogP contribution in [0.1, 0.15) is 32.8 Å². The van der Waals surface area contributed by atoms with E-state index in [0.717, 1.165) is 16.5 Å². The molecule has 2 rings (SSSR count). The monoisotopic (exact) mass is 499 g/mol. The molecule has 0 saturated heterocycles. The van der Waals surface area contributed by atoms with Crippen LogP contribution in [0.4, 0.5) is 0 Å². The predicted octanol–water partition coefficient (Wildman–Crippen LogP) is 1.23. The van der Waals surface area contributed by atoms with E-state index in [1.807, 2.05) is 38.1 Å². The van der Waals surface area contributed by atoms with Crippen LogP contribution >= 0.6 is 7.75 Å². The van der Waals surface area contributed by atoms with Crippen LogP contribution in [0.15, 0.2) is 30.5 Å². The van der Waals surface area contributed by atoms with E-state index in [2.05, 4.69) is 15.4 Å². The lowest BCUT2D eigenvalue weighted by Crippen LogP contribution is -2.51. The molecule has 6 N–H and O–H groups in total. The van der Waals surface area contributed by atoms with Crippen LogP contribution in [0, 0.1) is 5.92 Å². The molecule has 1 aromatic heterocycles. The summed E-state index contributed by atoms with van der Waals surface area (Å²) in [6, 6.07) is 5.34. The van der Waals surface area contributed by atoms with Crippen LogP contribution in [-0.2, 0) is 29.8 Å². The zero-order chi connectivity index (χ0) is 25.3. The van der Waals surface area contributed by atoms with E-state index in [-0.39, 0.29) is 25.4 Å². The lowest BCUT2D eigenvalue weighted by atomic mass is 10.0. The van der Waals surface area contributed by atoms with Gasteiger partial charge in [-0.05, 0) is 30.9 Å². The van der Waals surface area contributed by atoms with Crippen LogP contribution in [0.25, 0.3) is 10.9 Å². The van der Waals surface area contributed by atoms with Crippen molar-refractivity contribution in [3.63, 3.8) is 0 Å². The van der Waals surface area contributed by atoms with Crippen molar-refractivity contribution < 1.29 is 38.5 Å². The fourth-order valence-corrected chi connectivity index (χ4v) is 4.46. The summed E-state index contributed by atoms with van der Waals surface area (Å²) in [6.07, 6.45) is 0.739. The minimum absolute atomic E-state index is 0.0408. The zero-order valence-electron chi connectivity index (χ0n) is 19.6. The van der Waals surface area contributed by atoms with Gasteiger partial charge in [-0.15, -0.1) is 0 Å². The van der Waals surface area contributed by atoms with Crippen molar-refractivity contribution in [2.45, 2.75) is 51.8 Å². The highest BCUT2D eigenvalue weighted by atomic mass is 31.2. The van der Waals surface area contributed by atoms with Crippen molar-refractivity contribution in [1.82, 2.24) is 15.4 Å². The molecule has 2 aromatic rings. The molecule has 1 amide bonds. The van der Waals surface area contributed by atoms with E-state index in [1.165, 1.54) is 0 Å². The van der Waals surface area contributed by atoms with Crippen molar-refractivity contribution in [3.8, 4) is 0 Å². The van der Waals surface area contributed by atoms with Crippen LogP contribution in [0.5, 0.6) is 0 Å². The third-order valence-corrected chi connectivity index (χ3v) is 6.12. The van der Waals surface area contributed by atoms with Crippen LogP contribution < -0.4 is 10.4 Å². The predicted molar refractivity (Wildman–Crippen MR) is 126 cm³/mol. The highest BCUT2D eigenvalue weighted by Crippen LogP contribution is 2.38. The number of aliphatic hydroxyl groups is 2. The van der Waals surface area contributed by atoms with Gasteiger partial charge in [0.2, 0.25) is 5.91 Å². The number of esters is 1. The number of carbonyl (C=O) groups is 2. The Kier molecular flexibility index (Phi) is 10.7. The van der Waals surface area contributed by atoms with E-state index < -0.39 is 51.0 Å². The number of carbonyl (C=O) groups excluding carboxylic acids is 2. The lowest BCUT2D eigenvalue weighted by Gasteiger charge is -2.25. The van der Waals surface area contributed by atoms with Crippen LogP contribution in [-0.4, -0.2) is 70.0 Å². The number of hydrogen-bond acceptors (Lipinski definition) is 7. The molecule has 0 spiro atoms. The molecule has 0 radical (unpaired) electrons. The molecule has 2 unspecified atom stereocenters. The number of aliphatic hydroxyl groups excluding tert-OH is 2. The van der Waals surface area contributed by atoms with Crippen LogP contribution in [0.2, 0.25) is 0 Å². The van der Waals surface area contributed by atoms with E-state index in [4.69, 9.17) is 14.4 Å². The topological polar surface area (TPSA) is 170 Å². The second-order valence-corrected chi connectivity index (χ2v) is 9.90. The Labute approximate surface area is 198 Å². The summed E-state index contributed by atoms with van der Waals surface area (Å²) in [5, 5.41) is 24.1. The number of H-pyrrole nitrogens is 1. The smallest absolute Gasteiger partial charge is 0.403 e. The van der Waals surface area contributed by atoms with Crippen molar-refractivity contribution in [1.29, 1.82) is 0 Å². The molecule has 34 heavy (non-hydrogen) atoms. The summed E-state index contributed by atoms with van der Waals surface area (Å²) in [5.74, 6) is -1.34. The van der Waals surface area contributed by atoms with E-state index >= 15 is 0 Å². The van der Waals surface area contributed by atoms with Crippen molar-refractivity contribution in [2.75, 3.05) is 19.8 Å². The van der Waals surface area contributed by atoms with Crippen molar-refractivity contribution in [2.24, 2.45) is 5.92 Å². The number of amides is 1. The fourth-order valence-electron chi connectivity index (χ4n) is 3.39. The Morgan fingerprint density at radius 1 is 1.21 bits per heavy atom. The van der Waals surface area contributed by atoms with Gasteiger partial charge in [-0.2, -0.15) is 0 Å². The maximum absolute atomic E-state index is 13.1. The SMILES string of the molecule is CCOC(=O)C(Cc1c[nH]c2ccccc12)NC(=O)[C@H](CC(C)C)NP(=O)(O)OC[C@@H](O)CO. The molecular weight excluding hydrogens is 465 g/mol. The molecule has 12 heteroatoms. The zero-order valence-corrected chi connectivity index (χ0v) is 20.5.